The van der Waals surface area contributed by atoms with Crippen LogP contribution in [0, 0.1) is 0 Å². The second-order valence-electron chi connectivity index (χ2n) is 4.69. The maximum absolute atomic E-state index is 12.2. The lowest BCUT2D eigenvalue weighted by Gasteiger charge is -2.37. The molecule has 0 aromatic carbocycles. The van der Waals surface area contributed by atoms with E-state index < -0.39 is 0 Å². The van der Waals surface area contributed by atoms with Crippen molar-refractivity contribution in [2.45, 2.75) is 19.4 Å². The molecule has 0 saturated carbocycles. The SMILES string of the molecule is CC1(C)CN(C(=O)c2cc(Cl)ccn2)CCO1. The van der Waals surface area contributed by atoms with Crippen LogP contribution >= 0.6 is 11.6 Å². The van der Waals surface area contributed by atoms with E-state index in [1.807, 2.05) is 13.8 Å². The molecule has 0 unspecified atom stereocenters. The Kier molecular flexibility index (Phi) is 3.35. The van der Waals surface area contributed by atoms with Crippen molar-refractivity contribution in [3.63, 3.8) is 0 Å². The van der Waals surface area contributed by atoms with Crippen LogP contribution in [-0.2, 0) is 4.74 Å². The summed E-state index contributed by atoms with van der Waals surface area (Å²) in [6.07, 6.45) is 1.54. The van der Waals surface area contributed by atoms with Gasteiger partial charge >= 0.3 is 0 Å². The Balaban J connectivity index is 2.15. The number of carbonyl (C=O) groups excluding carboxylic acids is 1. The Morgan fingerprint density at radius 3 is 3.00 bits per heavy atom. The molecule has 1 saturated heterocycles. The van der Waals surface area contributed by atoms with Gasteiger partial charge in [-0.3, -0.25) is 9.78 Å². The monoisotopic (exact) mass is 254 g/mol. The van der Waals surface area contributed by atoms with E-state index in [0.717, 1.165) is 0 Å². The predicted octanol–water partition coefficient (Wildman–Crippen LogP) is 1.99. The largest absolute Gasteiger partial charge is 0.372 e. The van der Waals surface area contributed by atoms with Crippen molar-refractivity contribution >= 4 is 17.5 Å². The number of pyridine rings is 1. The van der Waals surface area contributed by atoms with E-state index in [1.165, 1.54) is 0 Å². The minimum absolute atomic E-state index is 0.0936. The van der Waals surface area contributed by atoms with E-state index in [-0.39, 0.29) is 11.5 Å². The number of morpholine rings is 1. The van der Waals surface area contributed by atoms with Crippen molar-refractivity contribution in [2.24, 2.45) is 0 Å². The molecule has 0 spiro atoms. The molecule has 2 rings (SSSR count). The first-order chi connectivity index (χ1) is 7.98. The van der Waals surface area contributed by atoms with Gasteiger partial charge in [-0.1, -0.05) is 11.6 Å². The van der Waals surface area contributed by atoms with Gasteiger partial charge in [-0.25, -0.2) is 0 Å². The fraction of sp³-hybridized carbons (Fsp3) is 0.500. The van der Waals surface area contributed by atoms with E-state index >= 15 is 0 Å². The van der Waals surface area contributed by atoms with Crippen LogP contribution in [0.4, 0.5) is 0 Å². The van der Waals surface area contributed by atoms with E-state index in [9.17, 15) is 4.79 Å². The van der Waals surface area contributed by atoms with Gasteiger partial charge in [0.2, 0.25) is 0 Å². The van der Waals surface area contributed by atoms with E-state index in [2.05, 4.69) is 4.98 Å². The summed E-state index contributed by atoms with van der Waals surface area (Å²) in [5.41, 5.74) is 0.0853. The average molecular weight is 255 g/mol. The first kappa shape index (κ1) is 12.3. The smallest absolute Gasteiger partial charge is 0.272 e. The predicted molar refractivity (Wildman–Crippen MR) is 65.2 cm³/mol. The van der Waals surface area contributed by atoms with E-state index in [1.54, 1.807) is 23.2 Å². The minimum atomic E-state index is -0.299. The number of hydrogen-bond donors (Lipinski definition) is 0. The summed E-state index contributed by atoms with van der Waals surface area (Å²) in [6.45, 7) is 5.66. The zero-order chi connectivity index (χ0) is 12.5. The fourth-order valence-corrected chi connectivity index (χ4v) is 2.03. The molecule has 1 aromatic heterocycles. The lowest BCUT2D eigenvalue weighted by atomic mass is 10.1. The third-order valence-corrected chi connectivity index (χ3v) is 2.89. The summed E-state index contributed by atoms with van der Waals surface area (Å²) < 4.78 is 5.56. The molecule has 0 bridgehead atoms. The molecule has 0 radical (unpaired) electrons. The molecule has 92 valence electrons. The van der Waals surface area contributed by atoms with Gasteiger partial charge in [0.15, 0.2) is 0 Å². The number of rotatable bonds is 1. The summed E-state index contributed by atoms with van der Waals surface area (Å²) in [7, 11) is 0. The Morgan fingerprint density at radius 2 is 2.35 bits per heavy atom. The first-order valence-electron chi connectivity index (χ1n) is 5.53. The molecule has 5 heteroatoms. The molecule has 1 amide bonds. The summed E-state index contributed by atoms with van der Waals surface area (Å²) in [5.74, 6) is -0.0936. The van der Waals surface area contributed by atoms with Gasteiger partial charge in [-0.2, -0.15) is 0 Å². The average Bonchev–Trinajstić information content (AvgIpc) is 2.26. The Labute approximate surface area is 106 Å². The van der Waals surface area contributed by atoms with Gasteiger partial charge < -0.3 is 9.64 Å². The lowest BCUT2D eigenvalue weighted by Crippen LogP contribution is -2.50. The van der Waals surface area contributed by atoms with Crippen LogP contribution in [0.25, 0.3) is 0 Å². The molecule has 2 heterocycles. The first-order valence-corrected chi connectivity index (χ1v) is 5.90. The number of aromatic nitrogens is 1. The molecule has 4 nitrogen and oxygen atoms in total. The molecule has 1 fully saturated rings. The van der Waals surface area contributed by atoms with Crippen molar-refractivity contribution in [2.75, 3.05) is 19.7 Å². The molecule has 0 atom stereocenters. The van der Waals surface area contributed by atoms with Crippen LogP contribution in [0.15, 0.2) is 18.3 Å². The molecule has 0 aliphatic carbocycles. The molecule has 1 aliphatic rings. The number of amides is 1. The van der Waals surface area contributed by atoms with Gasteiger partial charge in [-0.05, 0) is 26.0 Å². The van der Waals surface area contributed by atoms with Crippen LogP contribution in [0.1, 0.15) is 24.3 Å². The summed E-state index contributed by atoms with van der Waals surface area (Å²) in [4.78, 5) is 18.0. The van der Waals surface area contributed by atoms with Gasteiger partial charge in [-0.15, -0.1) is 0 Å². The van der Waals surface area contributed by atoms with Crippen LogP contribution in [0.5, 0.6) is 0 Å². The molecular weight excluding hydrogens is 240 g/mol. The summed E-state index contributed by atoms with van der Waals surface area (Å²) >= 11 is 5.85. The van der Waals surface area contributed by atoms with Crippen molar-refractivity contribution in [3.05, 3.63) is 29.0 Å². The number of carbonyl (C=O) groups is 1. The number of halogens is 1. The molecule has 0 N–H and O–H groups in total. The standard InChI is InChI=1S/C12H15ClN2O2/c1-12(2)8-15(5-6-17-12)11(16)10-7-9(13)3-4-14-10/h3-4,7H,5-6,8H2,1-2H3. The van der Waals surface area contributed by atoms with E-state index in [0.29, 0.717) is 30.4 Å². The second kappa shape index (κ2) is 4.63. The van der Waals surface area contributed by atoms with Crippen molar-refractivity contribution < 1.29 is 9.53 Å². The molecular formula is C12H15ClN2O2. The number of ether oxygens (including phenoxy) is 1. The zero-order valence-corrected chi connectivity index (χ0v) is 10.7. The van der Waals surface area contributed by atoms with Crippen LogP contribution in [-0.4, -0.2) is 41.1 Å². The fourth-order valence-electron chi connectivity index (χ4n) is 1.87. The normalized spacial score (nSPS) is 19.1. The zero-order valence-electron chi connectivity index (χ0n) is 9.94. The van der Waals surface area contributed by atoms with Crippen LogP contribution in [0.3, 0.4) is 0 Å². The Hall–Kier alpha value is -1.13. The highest BCUT2D eigenvalue weighted by molar-refractivity contribution is 6.30. The molecule has 1 aromatic rings. The van der Waals surface area contributed by atoms with Crippen LogP contribution < -0.4 is 0 Å². The number of hydrogen-bond acceptors (Lipinski definition) is 3. The highest BCUT2D eigenvalue weighted by Crippen LogP contribution is 2.18. The van der Waals surface area contributed by atoms with Crippen molar-refractivity contribution in [1.82, 2.24) is 9.88 Å². The van der Waals surface area contributed by atoms with Gasteiger partial charge in [0.25, 0.3) is 5.91 Å². The van der Waals surface area contributed by atoms with Gasteiger partial charge in [0, 0.05) is 24.3 Å². The third kappa shape index (κ3) is 2.96. The molecule has 1 aliphatic heterocycles. The maximum Gasteiger partial charge on any atom is 0.272 e. The van der Waals surface area contributed by atoms with Crippen molar-refractivity contribution in [1.29, 1.82) is 0 Å². The Bertz CT molecular complexity index is 434. The highest BCUT2D eigenvalue weighted by atomic mass is 35.5. The van der Waals surface area contributed by atoms with Crippen LogP contribution in [0.2, 0.25) is 5.02 Å². The lowest BCUT2D eigenvalue weighted by molar-refractivity contribution is -0.0765. The van der Waals surface area contributed by atoms with Gasteiger partial charge in [0.1, 0.15) is 5.69 Å². The summed E-state index contributed by atoms with van der Waals surface area (Å²) in [5, 5.41) is 0.524. The van der Waals surface area contributed by atoms with Crippen molar-refractivity contribution in [3.8, 4) is 0 Å². The minimum Gasteiger partial charge on any atom is -0.372 e. The second-order valence-corrected chi connectivity index (χ2v) is 5.13. The van der Waals surface area contributed by atoms with Gasteiger partial charge in [0.05, 0.1) is 12.2 Å². The topological polar surface area (TPSA) is 42.4 Å². The van der Waals surface area contributed by atoms with E-state index in [4.69, 9.17) is 16.3 Å². The highest BCUT2D eigenvalue weighted by Gasteiger charge is 2.30. The Morgan fingerprint density at radius 1 is 1.59 bits per heavy atom. The quantitative estimate of drug-likeness (QED) is 0.770. The number of nitrogens with zero attached hydrogens (tertiary/aromatic N) is 2. The maximum atomic E-state index is 12.2. The third-order valence-electron chi connectivity index (χ3n) is 2.65. The molecule has 17 heavy (non-hydrogen) atoms. The summed E-state index contributed by atoms with van der Waals surface area (Å²) in [6, 6.07) is 3.24.